The van der Waals surface area contributed by atoms with E-state index in [2.05, 4.69) is 4.98 Å². The molecule has 9 heteroatoms. The van der Waals surface area contributed by atoms with Gasteiger partial charge in [0, 0.05) is 17.5 Å². The predicted molar refractivity (Wildman–Crippen MR) is 132 cm³/mol. The van der Waals surface area contributed by atoms with Crippen LogP contribution in [0.3, 0.4) is 0 Å². The minimum atomic E-state index is -4.12. The molecule has 4 rings (SSSR count). The number of carbonyl (C=O) groups excluding carboxylic acids is 1. The molecule has 0 saturated heterocycles. The Balaban J connectivity index is 1.78. The first-order valence-corrected chi connectivity index (χ1v) is 12.6. The molecule has 1 N–H and O–H groups in total. The van der Waals surface area contributed by atoms with E-state index in [0.29, 0.717) is 11.3 Å². The van der Waals surface area contributed by atoms with Gasteiger partial charge in [0.1, 0.15) is 5.76 Å². The quantitative estimate of drug-likeness (QED) is 0.366. The molecule has 4 aromatic rings. The Morgan fingerprint density at radius 2 is 1.80 bits per heavy atom. The minimum Gasteiger partial charge on any atom is -0.468 e. The van der Waals surface area contributed by atoms with Crippen LogP contribution in [0.5, 0.6) is 0 Å². The van der Waals surface area contributed by atoms with E-state index >= 15 is 0 Å². The number of esters is 1. The third kappa shape index (κ3) is 5.06. The van der Waals surface area contributed by atoms with Gasteiger partial charge in [-0.25, -0.2) is 13.2 Å². The molecule has 0 aliphatic carbocycles. The zero-order valence-electron chi connectivity index (χ0n) is 19.7. The summed E-state index contributed by atoms with van der Waals surface area (Å²) < 4.78 is 39.0. The molecule has 0 atom stereocenters. The van der Waals surface area contributed by atoms with Crippen molar-refractivity contribution in [2.24, 2.45) is 0 Å². The molecule has 0 saturated carbocycles. The summed E-state index contributed by atoms with van der Waals surface area (Å²) in [5, 5.41) is 0.847. The van der Waals surface area contributed by atoms with E-state index in [0.717, 1.165) is 26.3 Å². The first-order chi connectivity index (χ1) is 16.7. The summed E-state index contributed by atoms with van der Waals surface area (Å²) in [6, 6.07) is 14.6. The number of sulfonamides is 1. The van der Waals surface area contributed by atoms with Gasteiger partial charge >= 0.3 is 5.97 Å². The highest BCUT2D eigenvalue weighted by molar-refractivity contribution is 7.89. The number of nitrogens with one attached hydrogen (secondary N) is 1. The second-order valence-electron chi connectivity index (χ2n) is 8.21. The Morgan fingerprint density at radius 3 is 2.51 bits per heavy atom. The van der Waals surface area contributed by atoms with Crippen LogP contribution in [0.4, 0.5) is 0 Å². The molecular weight excluding hydrogens is 468 g/mol. The second-order valence-corrected chi connectivity index (χ2v) is 10.2. The minimum absolute atomic E-state index is 0.0844. The fourth-order valence-corrected chi connectivity index (χ4v) is 5.31. The summed E-state index contributed by atoms with van der Waals surface area (Å²) in [6.07, 6.45) is 1.45. The molecule has 182 valence electrons. The van der Waals surface area contributed by atoms with Crippen molar-refractivity contribution in [1.82, 2.24) is 9.29 Å². The van der Waals surface area contributed by atoms with Gasteiger partial charge in [-0.15, -0.1) is 0 Å². The van der Waals surface area contributed by atoms with Gasteiger partial charge < -0.3 is 14.1 Å². The Kier molecular flexibility index (Phi) is 6.90. The first kappa shape index (κ1) is 24.4. The molecule has 0 aliphatic rings. The van der Waals surface area contributed by atoms with Crippen molar-refractivity contribution in [3.05, 3.63) is 99.2 Å². The lowest BCUT2D eigenvalue weighted by atomic mass is 10.0. The zero-order valence-corrected chi connectivity index (χ0v) is 20.5. The van der Waals surface area contributed by atoms with E-state index in [1.165, 1.54) is 30.5 Å². The van der Waals surface area contributed by atoms with Gasteiger partial charge in [0.2, 0.25) is 10.0 Å². The molecule has 0 bridgehead atoms. The van der Waals surface area contributed by atoms with Crippen LogP contribution in [0.25, 0.3) is 10.9 Å². The van der Waals surface area contributed by atoms with Crippen LogP contribution in [-0.4, -0.2) is 30.3 Å². The van der Waals surface area contributed by atoms with Crippen LogP contribution in [0, 0.1) is 13.8 Å². The van der Waals surface area contributed by atoms with Crippen LogP contribution in [0.15, 0.2) is 75.0 Å². The lowest BCUT2D eigenvalue weighted by molar-refractivity contribution is 0.0526. The lowest BCUT2D eigenvalue weighted by Gasteiger charge is -2.22. The number of carbonyl (C=O) groups is 1. The monoisotopic (exact) mass is 494 g/mol. The second kappa shape index (κ2) is 9.89. The fraction of sp³-hybridized carbons (Fsp3) is 0.231. The van der Waals surface area contributed by atoms with Crippen LogP contribution in [0.2, 0.25) is 0 Å². The number of ether oxygens (including phenoxy) is 1. The highest BCUT2D eigenvalue weighted by Crippen LogP contribution is 2.24. The van der Waals surface area contributed by atoms with Gasteiger partial charge in [0.25, 0.3) is 5.56 Å². The normalized spacial score (nSPS) is 11.8. The van der Waals surface area contributed by atoms with Gasteiger partial charge in [0.15, 0.2) is 0 Å². The zero-order chi connectivity index (χ0) is 25.2. The van der Waals surface area contributed by atoms with E-state index in [9.17, 15) is 18.0 Å². The number of aromatic nitrogens is 1. The van der Waals surface area contributed by atoms with Crippen molar-refractivity contribution in [3.8, 4) is 0 Å². The van der Waals surface area contributed by atoms with Crippen molar-refractivity contribution >= 4 is 26.9 Å². The Bertz CT molecular complexity index is 1540. The summed E-state index contributed by atoms with van der Waals surface area (Å²) in [7, 11) is -4.12. The summed E-state index contributed by atoms with van der Waals surface area (Å²) >= 11 is 0. The number of hydrogen-bond acceptors (Lipinski definition) is 6. The maximum atomic E-state index is 13.7. The van der Waals surface area contributed by atoms with Crippen molar-refractivity contribution in [1.29, 1.82) is 0 Å². The van der Waals surface area contributed by atoms with Gasteiger partial charge in [-0.3, -0.25) is 4.79 Å². The molecule has 2 aromatic heterocycles. The van der Waals surface area contributed by atoms with Crippen LogP contribution in [0.1, 0.15) is 39.7 Å². The molecule has 2 aromatic carbocycles. The number of fused-ring (bicyclic) bond motifs is 1. The number of nitrogens with zero attached hydrogens (tertiary/aromatic N) is 1. The maximum absolute atomic E-state index is 13.7. The largest absolute Gasteiger partial charge is 0.468 e. The van der Waals surface area contributed by atoms with E-state index in [4.69, 9.17) is 9.15 Å². The number of furan rings is 1. The molecule has 8 nitrogen and oxygen atoms in total. The van der Waals surface area contributed by atoms with Gasteiger partial charge in [-0.2, -0.15) is 4.31 Å². The highest BCUT2D eigenvalue weighted by atomic mass is 32.2. The lowest BCUT2D eigenvalue weighted by Crippen LogP contribution is -2.32. The maximum Gasteiger partial charge on any atom is 0.338 e. The average Bonchev–Trinajstić information content (AvgIpc) is 3.35. The van der Waals surface area contributed by atoms with Crippen molar-refractivity contribution in [2.45, 2.75) is 38.8 Å². The summed E-state index contributed by atoms with van der Waals surface area (Å²) in [5.41, 5.74) is 2.66. The Labute approximate surface area is 203 Å². The molecule has 35 heavy (non-hydrogen) atoms. The number of aromatic amines is 1. The van der Waals surface area contributed by atoms with E-state index in [-0.39, 0.29) is 35.7 Å². The molecule has 0 radical (unpaired) electrons. The van der Waals surface area contributed by atoms with Gasteiger partial charge in [-0.1, -0.05) is 18.2 Å². The standard InChI is InChI=1S/C26H26N2O6S/c1-4-33-26(30)19-7-5-9-22(13-19)35(31,32)28(16-21-8-6-12-34-21)15-20-14-23-17(2)10-11-18(3)24(23)27-25(20)29/h5-14H,4,15-16H2,1-3H3,(H,27,29). The summed E-state index contributed by atoms with van der Waals surface area (Å²) in [4.78, 5) is 27.9. The molecule has 0 fully saturated rings. The third-order valence-corrected chi connectivity index (χ3v) is 7.55. The summed E-state index contributed by atoms with van der Waals surface area (Å²) in [6.45, 7) is 5.40. The average molecular weight is 495 g/mol. The molecule has 0 amide bonds. The fourth-order valence-electron chi connectivity index (χ4n) is 3.87. The van der Waals surface area contributed by atoms with Gasteiger partial charge in [0.05, 0.1) is 35.4 Å². The predicted octanol–water partition coefficient (Wildman–Crippen LogP) is 4.31. The topological polar surface area (TPSA) is 110 Å². The number of hydrogen-bond donors (Lipinski definition) is 1. The molecule has 0 spiro atoms. The van der Waals surface area contributed by atoms with E-state index in [1.807, 2.05) is 26.0 Å². The Morgan fingerprint density at radius 1 is 1.03 bits per heavy atom. The number of aryl methyl sites for hydroxylation is 2. The van der Waals surface area contributed by atoms with Crippen LogP contribution < -0.4 is 5.56 Å². The van der Waals surface area contributed by atoms with Crippen molar-refractivity contribution in [3.63, 3.8) is 0 Å². The van der Waals surface area contributed by atoms with Crippen molar-refractivity contribution in [2.75, 3.05) is 6.61 Å². The van der Waals surface area contributed by atoms with E-state index in [1.54, 1.807) is 25.1 Å². The smallest absolute Gasteiger partial charge is 0.338 e. The number of rotatable bonds is 8. The number of H-pyrrole nitrogens is 1. The number of pyridine rings is 1. The van der Waals surface area contributed by atoms with Gasteiger partial charge in [-0.05, 0) is 68.3 Å². The third-order valence-electron chi connectivity index (χ3n) is 5.76. The molecule has 0 unspecified atom stereocenters. The van der Waals surface area contributed by atoms with Crippen LogP contribution >= 0.6 is 0 Å². The van der Waals surface area contributed by atoms with Crippen molar-refractivity contribution < 1.29 is 22.4 Å². The summed E-state index contributed by atoms with van der Waals surface area (Å²) in [5.74, 6) is -0.196. The van der Waals surface area contributed by atoms with Crippen LogP contribution in [-0.2, 0) is 27.8 Å². The molecule has 0 aliphatic heterocycles. The molecule has 2 heterocycles. The molecular formula is C26H26N2O6S. The number of benzene rings is 2. The van der Waals surface area contributed by atoms with E-state index < -0.39 is 16.0 Å². The Hall–Kier alpha value is -3.69. The first-order valence-electron chi connectivity index (χ1n) is 11.1. The highest BCUT2D eigenvalue weighted by Gasteiger charge is 2.28. The SMILES string of the molecule is CCOC(=O)c1cccc(S(=O)(=O)N(Cc2ccco2)Cc2cc3c(C)ccc(C)c3[nH]c2=O)c1.